The fourth-order valence-corrected chi connectivity index (χ4v) is 1.40. The van der Waals surface area contributed by atoms with Gasteiger partial charge in [-0.15, -0.1) is 0 Å². The molecule has 0 spiro atoms. The Labute approximate surface area is 111 Å². The van der Waals surface area contributed by atoms with Gasteiger partial charge in [-0.1, -0.05) is 69.7 Å². The second kappa shape index (κ2) is 9.29. The highest BCUT2D eigenvalue weighted by Crippen LogP contribution is 2.21. The van der Waals surface area contributed by atoms with Crippen molar-refractivity contribution in [2.45, 2.75) is 34.6 Å². The summed E-state index contributed by atoms with van der Waals surface area (Å²) in [4.78, 5) is 0. The van der Waals surface area contributed by atoms with Gasteiger partial charge in [-0.3, -0.25) is 0 Å². The summed E-state index contributed by atoms with van der Waals surface area (Å²) < 4.78 is 0. The molecule has 0 radical (unpaired) electrons. The monoisotopic (exact) mass is 244 g/mol. The van der Waals surface area contributed by atoms with Gasteiger partial charge in [0, 0.05) is 0 Å². The highest BCUT2D eigenvalue weighted by molar-refractivity contribution is 5.64. The van der Waals surface area contributed by atoms with E-state index in [1.807, 2.05) is 39.8 Å². The molecule has 0 bridgehead atoms. The summed E-state index contributed by atoms with van der Waals surface area (Å²) in [5, 5.41) is 9.15. The minimum Gasteiger partial charge on any atom is -0.508 e. The molecule has 18 heavy (non-hydrogen) atoms. The van der Waals surface area contributed by atoms with Crippen molar-refractivity contribution in [1.29, 1.82) is 0 Å². The molecule has 98 valence electrons. The summed E-state index contributed by atoms with van der Waals surface area (Å²) in [6, 6.07) is 15.6. The van der Waals surface area contributed by atoms with E-state index in [1.54, 1.807) is 12.1 Å². The topological polar surface area (TPSA) is 20.2 Å². The number of phenolic OH excluding ortho intramolecular Hbond substituents is 1. The zero-order chi connectivity index (χ0) is 14.0. The van der Waals surface area contributed by atoms with Crippen LogP contribution in [0, 0.1) is 6.92 Å². The molecule has 2 aromatic carbocycles. The molecule has 0 amide bonds. The SMILES string of the molecule is CC.CC.Cc1ccc(-c2ccc(O)cc2)cc1. The smallest absolute Gasteiger partial charge is 0.115 e. The third-order valence-corrected chi connectivity index (χ3v) is 2.25. The van der Waals surface area contributed by atoms with E-state index in [9.17, 15) is 0 Å². The first-order valence-electron chi connectivity index (χ1n) is 6.62. The average Bonchev–Trinajstić information content (AvgIpc) is 2.45. The Morgan fingerprint density at radius 3 is 1.33 bits per heavy atom. The molecule has 1 N–H and O–H groups in total. The molecule has 1 nitrogen and oxygen atoms in total. The maximum absolute atomic E-state index is 9.15. The number of aryl methyl sites for hydroxylation is 1. The highest BCUT2D eigenvalue weighted by Gasteiger charge is 1.96. The Balaban J connectivity index is 0.000000659. The van der Waals surface area contributed by atoms with Crippen LogP contribution in [0.4, 0.5) is 0 Å². The van der Waals surface area contributed by atoms with Gasteiger partial charge in [-0.05, 0) is 30.2 Å². The van der Waals surface area contributed by atoms with Gasteiger partial charge >= 0.3 is 0 Å². The van der Waals surface area contributed by atoms with Gasteiger partial charge in [0.2, 0.25) is 0 Å². The number of aromatic hydroxyl groups is 1. The molecule has 0 aliphatic heterocycles. The Kier molecular flexibility index (Phi) is 8.38. The van der Waals surface area contributed by atoms with E-state index in [1.165, 1.54) is 11.1 Å². The maximum atomic E-state index is 9.15. The van der Waals surface area contributed by atoms with Crippen molar-refractivity contribution < 1.29 is 5.11 Å². The van der Waals surface area contributed by atoms with Crippen LogP contribution in [0.3, 0.4) is 0 Å². The van der Waals surface area contributed by atoms with Crippen LogP contribution >= 0.6 is 0 Å². The normalized spacial score (nSPS) is 8.50. The predicted molar refractivity (Wildman–Crippen MR) is 81.0 cm³/mol. The van der Waals surface area contributed by atoms with E-state index >= 15 is 0 Å². The molecule has 0 atom stereocenters. The molecule has 1 heteroatoms. The van der Waals surface area contributed by atoms with Crippen molar-refractivity contribution in [1.82, 2.24) is 0 Å². The predicted octanol–water partition coefficient (Wildman–Crippen LogP) is 5.42. The van der Waals surface area contributed by atoms with Gasteiger partial charge in [0.15, 0.2) is 0 Å². The molecule has 0 saturated carbocycles. The van der Waals surface area contributed by atoms with E-state index in [2.05, 4.69) is 31.2 Å². The largest absolute Gasteiger partial charge is 0.508 e. The van der Waals surface area contributed by atoms with Gasteiger partial charge < -0.3 is 5.11 Å². The summed E-state index contributed by atoms with van der Waals surface area (Å²) in [5.74, 6) is 0.306. The first kappa shape index (κ1) is 16.2. The average molecular weight is 244 g/mol. The third-order valence-electron chi connectivity index (χ3n) is 2.25. The van der Waals surface area contributed by atoms with E-state index < -0.39 is 0 Å². The molecule has 0 saturated heterocycles. The Morgan fingerprint density at radius 2 is 0.944 bits per heavy atom. The summed E-state index contributed by atoms with van der Waals surface area (Å²) in [5.41, 5.74) is 3.56. The van der Waals surface area contributed by atoms with Gasteiger partial charge in [-0.2, -0.15) is 0 Å². The standard InChI is InChI=1S/C13H12O.2C2H6/c1-10-2-4-11(5-3-10)12-6-8-13(14)9-7-12;2*1-2/h2-9,14H,1H3;2*1-2H3. The Hall–Kier alpha value is -1.76. The number of hydrogen-bond acceptors (Lipinski definition) is 1. The molecule has 0 unspecified atom stereocenters. The molecule has 0 aliphatic carbocycles. The highest BCUT2D eigenvalue weighted by atomic mass is 16.3. The van der Waals surface area contributed by atoms with Crippen LogP contribution in [0.1, 0.15) is 33.3 Å². The van der Waals surface area contributed by atoms with Crippen LogP contribution < -0.4 is 0 Å². The molecule has 0 aliphatic rings. The van der Waals surface area contributed by atoms with E-state index in [0.29, 0.717) is 5.75 Å². The van der Waals surface area contributed by atoms with Gasteiger partial charge in [0.1, 0.15) is 5.75 Å². The summed E-state index contributed by atoms with van der Waals surface area (Å²) in [7, 11) is 0. The number of benzene rings is 2. The van der Waals surface area contributed by atoms with Crippen molar-refractivity contribution in [2.75, 3.05) is 0 Å². The van der Waals surface area contributed by atoms with Crippen molar-refractivity contribution in [3.63, 3.8) is 0 Å². The summed E-state index contributed by atoms with van der Waals surface area (Å²) in [6.45, 7) is 10.1. The first-order chi connectivity index (χ1) is 8.75. The number of rotatable bonds is 1. The Morgan fingerprint density at radius 1 is 0.611 bits per heavy atom. The lowest BCUT2D eigenvalue weighted by Gasteiger charge is -2.01. The van der Waals surface area contributed by atoms with Gasteiger partial charge in [0.25, 0.3) is 0 Å². The number of hydrogen-bond donors (Lipinski definition) is 1. The zero-order valence-electron chi connectivity index (χ0n) is 12.1. The van der Waals surface area contributed by atoms with Crippen molar-refractivity contribution in [2.24, 2.45) is 0 Å². The quantitative estimate of drug-likeness (QED) is 0.710. The number of phenols is 1. The van der Waals surface area contributed by atoms with Crippen LogP contribution in [-0.4, -0.2) is 5.11 Å². The minimum absolute atomic E-state index is 0.306. The molecular weight excluding hydrogens is 220 g/mol. The van der Waals surface area contributed by atoms with Crippen molar-refractivity contribution >= 4 is 0 Å². The maximum Gasteiger partial charge on any atom is 0.115 e. The van der Waals surface area contributed by atoms with Gasteiger partial charge in [-0.25, -0.2) is 0 Å². The lowest BCUT2D eigenvalue weighted by molar-refractivity contribution is 0.475. The van der Waals surface area contributed by atoms with E-state index in [-0.39, 0.29) is 0 Å². The molecule has 0 fully saturated rings. The molecular formula is C17H24O. The van der Waals surface area contributed by atoms with Crippen LogP contribution in [0.15, 0.2) is 48.5 Å². The van der Waals surface area contributed by atoms with Crippen LogP contribution in [-0.2, 0) is 0 Å². The Bertz CT molecular complexity index is 369. The zero-order valence-corrected chi connectivity index (χ0v) is 12.1. The van der Waals surface area contributed by atoms with Crippen LogP contribution in [0.25, 0.3) is 11.1 Å². The third kappa shape index (κ3) is 5.05. The summed E-state index contributed by atoms with van der Waals surface area (Å²) >= 11 is 0. The van der Waals surface area contributed by atoms with Crippen LogP contribution in [0.5, 0.6) is 5.75 Å². The van der Waals surface area contributed by atoms with Crippen molar-refractivity contribution in [3.05, 3.63) is 54.1 Å². The van der Waals surface area contributed by atoms with E-state index in [4.69, 9.17) is 5.11 Å². The second-order valence-electron chi connectivity index (χ2n) is 3.41. The minimum atomic E-state index is 0.306. The van der Waals surface area contributed by atoms with Crippen LogP contribution in [0.2, 0.25) is 0 Å². The summed E-state index contributed by atoms with van der Waals surface area (Å²) in [6.07, 6.45) is 0. The fraction of sp³-hybridized carbons (Fsp3) is 0.294. The molecule has 0 heterocycles. The second-order valence-corrected chi connectivity index (χ2v) is 3.41. The lowest BCUT2D eigenvalue weighted by atomic mass is 10.0. The van der Waals surface area contributed by atoms with Crippen molar-refractivity contribution in [3.8, 4) is 16.9 Å². The molecule has 0 aromatic heterocycles. The van der Waals surface area contributed by atoms with E-state index in [0.717, 1.165) is 5.56 Å². The lowest BCUT2D eigenvalue weighted by Crippen LogP contribution is -1.77. The molecule has 2 rings (SSSR count). The van der Waals surface area contributed by atoms with Gasteiger partial charge in [0.05, 0.1) is 0 Å². The molecule has 2 aromatic rings. The fourth-order valence-electron chi connectivity index (χ4n) is 1.40. The first-order valence-corrected chi connectivity index (χ1v) is 6.62.